The van der Waals surface area contributed by atoms with Crippen molar-refractivity contribution >= 4 is 22.6 Å². The van der Waals surface area contributed by atoms with E-state index in [0.717, 1.165) is 29.6 Å². The standard InChI is InChI=1S/C20H18ClN3O3/c21-19-17(16-3-1-2-4-18(16)27-19)13-24-12-14(9-15(10-22)20(24)25)11-23-5-7-26-8-6-23/h1-4,9,12H,5-8,11,13H2. The predicted molar refractivity (Wildman–Crippen MR) is 102 cm³/mol. The highest BCUT2D eigenvalue weighted by Crippen LogP contribution is 2.30. The van der Waals surface area contributed by atoms with Crippen molar-refractivity contribution in [2.45, 2.75) is 13.1 Å². The number of benzene rings is 1. The minimum atomic E-state index is -0.329. The summed E-state index contributed by atoms with van der Waals surface area (Å²) < 4.78 is 12.5. The zero-order chi connectivity index (χ0) is 18.8. The highest BCUT2D eigenvalue weighted by molar-refractivity contribution is 6.30. The second-order valence-corrected chi connectivity index (χ2v) is 6.89. The molecule has 0 N–H and O–H groups in total. The fourth-order valence-corrected chi connectivity index (χ4v) is 3.63. The molecule has 0 radical (unpaired) electrons. The van der Waals surface area contributed by atoms with Crippen LogP contribution in [-0.4, -0.2) is 35.8 Å². The normalized spacial score (nSPS) is 15.1. The number of hydrogen-bond donors (Lipinski definition) is 0. The first-order valence-electron chi connectivity index (χ1n) is 8.75. The van der Waals surface area contributed by atoms with Gasteiger partial charge in [0.05, 0.1) is 19.8 Å². The van der Waals surface area contributed by atoms with Crippen LogP contribution in [0.25, 0.3) is 11.0 Å². The monoisotopic (exact) mass is 383 g/mol. The molecule has 0 amide bonds. The highest BCUT2D eigenvalue weighted by atomic mass is 35.5. The van der Waals surface area contributed by atoms with Crippen molar-refractivity contribution in [2.24, 2.45) is 0 Å². The van der Waals surface area contributed by atoms with Crippen LogP contribution in [0.4, 0.5) is 0 Å². The number of morpholine rings is 1. The first-order valence-corrected chi connectivity index (χ1v) is 9.13. The number of aromatic nitrogens is 1. The first-order chi connectivity index (χ1) is 13.2. The van der Waals surface area contributed by atoms with E-state index < -0.39 is 0 Å². The summed E-state index contributed by atoms with van der Waals surface area (Å²) in [4.78, 5) is 14.9. The van der Waals surface area contributed by atoms with Gasteiger partial charge in [-0.2, -0.15) is 5.26 Å². The lowest BCUT2D eigenvalue weighted by molar-refractivity contribution is 0.0341. The molecule has 0 unspecified atom stereocenters. The van der Waals surface area contributed by atoms with Crippen LogP contribution in [0, 0.1) is 11.3 Å². The molecule has 0 atom stereocenters. The number of furan rings is 1. The molecule has 0 saturated carbocycles. The molecule has 2 aromatic heterocycles. The largest absolute Gasteiger partial charge is 0.444 e. The summed E-state index contributed by atoms with van der Waals surface area (Å²) in [7, 11) is 0. The number of pyridine rings is 1. The summed E-state index contributed by atoms with van der Waals surface area (Å²) in [6.45, 7) is 3.97. The number of nitrogens with zero attached hydrogens (tertiary/aromatic N) is 3. The van der Waals surface area contributed by atoms with Crippen molar-refractivity contribution in [1.29, 1.82) is 5.26 Å². The second-order valence-electron chi connectivity index (χ2n) is 6.55. The Morgan fingerprint density at radius 2 is 1.96 bits per heavy atom. The van der Waals surface area contributed by atoms with Crippen LogP contribution in [0.1, 0.15) is 16.7 Å². The van der Waals surface area contributed by atoms with Gasteiger partial charge in [-0.05, 0) is 29.3 Å². The summed E-state index contributed by atoms with van der Waals surface area (Å²) >= 11 is 6.27. The van der Waals surface area contributed by atoms with Crippen molar-refractivity contribution in [1.82, 2.24) is 9.47 Å². The Balaban J connectivity index is 1.71. The number of para-hydroxylation sites is 1. The van der Waals surface area contributed by atoms with Gasteiger partial charge < -0.3 is 13.7 Å². The van der Waals surface area contributed by atoms with Gasteiger partial charge in [-0.25, -0.2) is 0 Å². The molecule has 4 rings (SSSR count). The van der Waals surface area contributed by atoms with Crippen molar-refractivity contribution in [2.75, 3.05) is 26.3 Å². The number of halogens is 1. The number of ether oxygens (including phenoxy) is 1. The van der Waals surface area contributed by atoms with Gasteiger partial charge in [0.25, 0.3) is 5.56 Å². The lowest BCUT2D eigenvalue weighted by Crippen LogP contribution is -2.36. The molecule has 6 nitrogen and oxygen atoms in total. The Kier molecular flexibility index (Phi) is 4.99. The van der Waals surface area contributed by atoms with E-state index in [9.17, 15) is 10.1 Å². The zero-order valence-corrected chi connectivity index (χ0v) is 15.4. The molecule has 3 aromatic rings. The van der Waals surface area contributed by atoms with Crippen LogP contribution in [-0.2, 0) is 17.8 Å². The zero-order valence-electron chi connectivity index (χ0n) is 14.7. The van der Waals surface area contributed by atoms with Crippen molar-refractivity contribution in [3.05, 3.63) is 68.8 Å². The van der Waals surface area contributed by atoms with E-state index in [4.69, 9.17) is 20.8 Å². The summed E-state index contributed by atoms with van der Waals surface area (Å²) in [5.74, 6) is 0. The predicted octanol–water partition coefficient (Wildman–Crippen LogP) is 3.00. The van der Waals surface area contributed by atoms with Crippen LogP contribution >= 0.6 is 11.6 Å². The van der Waals surface area contributed by atoms with Gasteiger partial charge >= 0.3 is 0 Å². The van der Waals surface area contributed by atoms with Crippen molar-refractivity contribution < 1.29 is 9.15 Å². The Hall–Kier alpha value is -2.59. The average molecular weight is 384 g/mol. The van der Waals surface area contributed by atoms with E-state index in [1.807, 2.05) is 30.3 Å². The van der Waals surface area contributed by atoms with Crippen LogP contribution < -0.4 is 5.56 Å². The summed E-state index contributed by atoms with van der Waals surface area (Å²) in [6.07, 6.45) is 1.80. The van der Waals surface area contributed by atoms with Crippen molar-refractivity contribution in [3.8, 4) is 6.07 Å². The van der Waals surface area contributed by atoms with E-state index in [1.165, 1.54) is 4.57 Å². The molecule has 0 aliphatic carbocycles. The maximum atomic E-state index is 12.7. The number of fused-ring (bicyclic) bond motifs is 1. The fourth-order valence-electron chi connectivity index (χ4n) is 3.39. The molecule has 0 spiro atoms. The minimum absolute atomic E-state index is 0.129. The van der Waals surface area contributed by atoms with Crippen LogP contribution in [0.3, 0.4) is 0 Å². The van der Waals surface area contributed by atoms with E-state index in [1.54, 1.807) is 12.3 Å². The molecule has 7 heteroatoms. The maximum Gasteiger partial charge on any atom is 0.268 e. The Labute approximate surface area is 161 Å². The van der Waals surface area contributed by atoms with Gasteiger partial charge in [0.15, 0.2) is 5.22 Å². The van der Waals surface area contributed by atoms with Gasteiger partial charge in [-0.3, -0.25) is 9.69 Å². The number of rotatable bonds is 4. The lowest BCUT2D eigenvalue weighted by atomic mass is 10.1. The third-order valence-corrected chi connectivity index (χ3v) is 5.06. The molecule has 1 aliphatic heterocycles. The third kappa shape index (κ3) is 3.62. The third-order valence-electron chi connectivity index (χ3n) is 4.75. The lowest BCUT2D eigenvalue weighted by Gasteiger charge is -2.26. The average Bonchev–Trinajstić information content (AvgIpc) is 3.00. The van der Waals surface area contributed by atoms with Crippen LogP contribution in [0.15, 0.2) is 45.7 Å². The van der Waals surface area contributed by atoms with Gasteiger partial charge in [-0.1, -0.05) is 18.2 Å². The van der Waals surface area contributed by atoms with E-state index in [-0.39, 0.29) is 22.9 Å². The first kappa shape index (κ1) is 17.8. The summed E-state index contributed by atoms with van der Waals surface area (Å²) in [6, 6.07) is 11.2. The van der Waals surface area contributed by atoms with Crippen LogP contribution in [0.5, 0.6) is 0 Å². The Morgan fingerprint density at radius 1 is 1.19 bits per heavy atom. The quantitative estimate of drug-likeness (QED) is 0.692. The molecule has 1 fully saturated rings. The van der Waals surface area contributed by atoms with Gasteiger partial charge in [0.2, 0.25) is 0 Å². The minimum Gasteiger partial charge on any atom is -0.444 e. The molecule has 1 aromatic carbocycles. The van der Waals surface area contributed by atoms with E-state index in [0.29, 0.717) is 25.3 Å². The van der Waals surface area contributed by atoms with Crippen LogP contribution in [0.2, 0.25) is 5.22 Å². The molecule has 27 heavy (non-hydrogen) atoms. The molecule has 1 aliphatic rings. The van der Waals surface area contributed by atoms with Gasteiger partial charge in [0, 0.05) is 36.8 Å². The molecule has 138 valence electrons. The molecular weight excluding hydrogens is 366 g/mol. The maximum absolute atomic E-state index is 12.7. The number of hydrogen-bond acceptors (Lipinski definition) is 5. The molecule has 0 bridgehead atoms. The van der Waals surface area contributed by atoms with Gasteiger partial charge in [0.1, 0.15) is 17.2 Å². The summed E-state index contributed by atoms with van der Waals surface area (Å²) in [5, 5.41) is 10.5. The van der Waals surface area contributed by atoms with Crippen molar-refractivity contribution in [3.63, 3.8) is 0 Å². The summed E-state index contributed by atoms with van der Waals surface area (Å²) in [5.41, 5.74) is 2.13. The Morgan fingerprint density at radius 3 is 2.74 bits per heavy atom. The SMILES string of the molecule is N#Cc1cc(CN2CCOCC2)cn(Cc2c(Cl)oc3ccccc23)c1=O. The Bertz CT molecular complexity index is 1070. The van der Waals surface area contributed by atoms with Gasteiger partial charge in [-0.15, -0.1) is 0 Å². The molecule has 3 heterocycles. The second kappa shape index (κ2) is 7.57. The number of nitriles is 1. The van der Waals surface area contributed by atoms with E-state index in [2.05, 4.69) is 4.90 Å². The molecule has 1 saturated heterocycles. The molecular formula is C20H18ClN3O3. The smallest absolute Gasteiger partial charge is 0.268 e. The van der Waals surface area contributed by atoms with E-state index >= 15 is 0 Å². The fraction of sp³-hybridized carbons (Fsp3) is 0.300. The highest BCUT2D eigenvalue weighted by Gasteiger charge is 2.16. The topological polar surface area (TPSA) is 71.4 Å².